The van der Waals surface area contributed by atoms with E-state index in [-0.39, 0.29) is 17.5 Å². The van der Waals surface area contributed by atoms with E-state index in [9.17, 15) is 9.59 Å². The maximum atomic E-state index is 13.1. The summed E-state index contributed by atoms with van der Waals surface area (Å²) in [6, 6.07) is 15.2. The van der Waals surface area contributed by atoms with E-state index in [0.717, 1.165) is 28.7 Å². The first kappa shape index (κ1) is 21.1. The number of halogens is 1. The number of hydrogen-bond acceptors (Lipinski definition) is 3. The zero-order valence-corrected chi connectivity index (χ0v) is 18.4. The van der Waals surface area contributed by atoms with Crippen LogP contribution in [0.1, 0.15) is 49.7 Å². The van der Waals surface area contributed by atoms with E-state index in [2.05, 4.69) is 22.5 Å². The smallest absolute Gasteiger partial charge is 0.272 e. The number of aromatic nitrogens is 2. The molecule has 0 aliphatic carbocycles. The molecule has 1 N–H and O–H groups in total. The molecule has 0 unspecified atom stereocenters. The van der Waals surface area contributed by atoms with Crippen molar-refractivity contribution in [3.63, 3.8) is 0 Å². The lowest BCUT2D eigenvalue weighted by molar-refractivity contribution is 0.0745. The van der Waals surface area contributed by atoms with Gasteiger partial charge < -0.3 is 10.2 Å². The van der Waals surface area contributed by atoms with Gasteiger partial charge in [0, 0.05) is 37.3 Å². The highest BCUT2D eigenvalue weighted by atomic mass is 35.5. The standard InChI is InChI=1S/C24H25ClN4O2/c1-16-4-5-17(2)19(12-16)14-26-23(30)21-13-22-24(31)28(10-3-11-29(22)27-21)15-18-6-8-20(25)9-7-18/h4-9,12-13H,3,10-11,14-15H2,1-2H3,(H,26,30). The third-order valence-corrected chi connectivity index (χ3v) is 5.80. The third-order valence-electron chi connectivity index (χ3n) is 5.55. The van der Waals surface area contributed by atoms with Crippen LogP contribution < -0.4 is 5.32 Å². The van der Waals surface area contributed by atoms with Gasteiger partial charge in [-0.3, -0.25) is 14.3 Å². The number of fused-ring (bicyclic) bond motifs is 1. The van der Waals surface area contributed by atoms with Crippen molar-refractivity contribution < 1.29 is 9.59 Å². The number of nitrogens with one attached hydrogen (secondary N) is 1. The van der Waals surface area contributed by atoms with E-state index in [0.29, 0.717) is 36.9 Å². The summed E-state index contributed by atoms with van der Waals surface area (Å²) >= 11 is 5.96. The summed E-state index contributed by atoms with van der Waals surface area (Å²) in [5.74, 6) is -0.396. The Bertz CT molecular complexity index is 1120. The van der Waals surface area contributed by atoms with Crippen molar-refractivity contribution >= 4 is 23.4 Å². The Morgan fingerprint density at radius 1 is 1.10 bits per heavy atom. The topological polar surface area (TPSA) is 67.2 Å². The number of benzene rings is 2. The molecule has 3 aromatic rings. The maximum absolute atomic E-state index is 13.1. The zero-order chi connectivity index (χ0) is 22.0. The monoisotopic (exact) mass is 436 g/mol. The van der Waals surface area contributed by atoms with E-state index >= 15 is 0 Å². The molecular formula is C24H25ClN4O2. The molecule has 2 heterocycles. The summed E-state index contributed by atoms with van der Waals surface area (Å²) in [6.45, 7) is 6.20. The van der Waals surface area contributed by atoms with Crippen molar-refractivity contribution in [1.82, 2.24) is 20.0 Å². The van der Waals surface area contributed by atoms with Crippen LogP contribution in [-0.2, 0) is 19.6 Å². The first-order valence-electron chi connectivity index (χ1n) is 10.4. The van der Waals surface area contributed by atoms with Gasteiger partial charge in [0.05, 0.1) is 0 Å². The minimum Gasteiger partial charge on any atom is -0.347 e. The molecule has 6 nitrogen and oxygen atoms in total. The SMILES string of the molecule is Cc1ccc(C)c(CNC(=O)c2cc3n(n2)CCCN(Cc2ccc(Cl)cc2)C3=O)c1. The fourth-order valence-corrected chi connectivity index (χ4v) is 3.89. The van der Waals surface area contributed by atoms with Crippen molar-refractivity contribution in [2.24, 2.45) is 0 Å². The molecule has 0 saturated heterocycles. The molecular weight excluding hydrogens is 412 g/mol. The lowest BCUT2D eigenvalue weighted by atomic mass is 10.1. The Labute approximate surface area is 186 Å². The van der Waals surface area contributed by atoms with Crippen LogP contribution in [-0.4, -0.2) is 33.0 Å². The quantitative estimate of drug-likeness (QED) is 0.653. The molecule has 1 aliphatic heterocycles. The van der Waals surface area contributed by atoms with Crippen LogP contribution in [0.25, 0.3) is 0 Å². The Balaban J connectivity index is 1.47. The number of nitrogens with zero attached hydrogens (tertiary/aromatic N) is 3. The van der Waals surface area contributed by atoms with Gasteiger partial charge in [-0.1, -0.05) is 47.5 Å². The average molecular weight is 437 g/mol. The van der Waals surface area contributed by atoms with Crippen molar-refractivity contribution in [2.75, 3.05) is 6.54 Å². The molecule has 1 aromatic heterocycles. The van der Waals surface area contributed by atoms with Crippen LogP contribution in [0, 0.1) is 13.8 Å². The van der Waals surface area contributed by atoms with E-state index in [1.54, 1.807) is 15.6 Å². The highest BCUT2D eigenvalue weighted by molar-refractivity contribution is 6.30. The van der Waals surface area contributed by atoms with Crippen LogP contribution in [0.3, 0.4) is 0 Å². The van der Waals surface area contributed by atoms with Gasteiger partial charge in [0.15, 0.2) is 5.69 Å². The second-order valence-electron chi connectivity index (χ2n) is 7.96. The molecule has 0 bridgehead atoms. The maximum Gasteiger partial charge on any atom is 0.272 e. The fraction of sp³-hybridized carbons (Fsp3) is 0.292. The van der Waals surface area contributed by atoms with Gasteiger partial charge in [-0.25, -0.2) is 0 Å². The van der Waals surface area contributed by atoms with E-state index in [1.807, 2.05) is 44.2 Å². The predicted octanol–water partition coefficient (Wildman–Crippen LogP) is 4.13. The van der Waals surface area contributed by atoms with Gasteiger partial charge in [-0.05, 0) is 49.1 Å². The number of rotatable bonds is 5. The second kappa shape index (κ2) is 8.94. The van der Waals surface area contributed by atoms with Gasteiger partial charge in [-0.2, -0.15) is 5.10 Å². The van der Waals surface area contributed by atoms with Crippen molar-refractivity contribution in [3.8, 4) is 0 Å². The summed E-state index contributed by atoms with van der Waals surface area (Å²) in [7, 11) is 0. The second-order valence-corrected chi connectivity index (χ2v) is 8.39. The normalized spacial score (nSPS) is 13.6. The van der Waals surface area contributed by atoms with E-state index in [4.69, 9.17) is 11.6 Å². The molecule has 0 fully saturated rings. The van der Waals surface area contributed by atoms with Gasteiger partial charge >= 0.3 is 0 Å². The van der Waals surface area contributed by atoms with Gasteiger partial charge in [-0.15, -0.1) is 0 Å². The lowest BCUT2D eigenvalue weighted by Crippen LogP contribution is -2.30. The highest BCUT2D eigenvalue weighted by Gasteiger charge is 2.26. The predicted molar refractivity (Wildman–Crippen MR) is 120 cm³/mol. The number of carbonyl (C=O) groups excluding carboxylic acids is 2. The van der Waals surface area contributed by atoms with Crippen molar-refractivity contribution in [1.29, 1.82) is 0 Å². The van der Waals surface area contributed by atoms with Crippen LogP contribution >= 0.6 is 11.6 Å². The Kier molecular flexibility index (Phi) is 6.09. The molecule has 160 valence electrons. The van der Waals surface area contributed by atoms with Crippen LogP contribution in [0.2, 0.25) is 5.02 Å². The van der Waals surface area contributed by atoms with Gasteiger partial charge in [0.25, 0.3) is 11.8 Å². The molecule has 0 spiro atoms. The van der Waals surface area contributed by atoms with E-state index < -0.39 is 0 Å². The van der Waals surface area contributed by atoms with E-state index in [1.165, 1.54) is 0 Å². The van der Waals surface area contributed by atoms with Crippen LogP contribution in [0.15, 0.2) is 48.5 Å². The van der Waals surface area contributed by atoms with Crippen LogP contribution in [0.4, 0.5) is 0 Å². The minimum atomic E-state index is -0.279. The van der Waals surface area contributed by atoms with Crippen molar-refractivity contribution in [2.45, 2.75) is 39.9 Å². The fourth-order valence-electron chi connectivity index (χ4n) is 3.76. The Morgan fingerprint density at radius 2 is 1.87 bits per heavy atom. The van der Waals surface area contributed by atoms with Crippen LogP contribution in [0.5, 0.6) is 0 Å². The summed E-state index contributed by atoms with van der Waals surface area (Å²) in [6.07, 6.45) is 0.775. The Hall–Kier alpha value is -3.12. The Morgan fingerprint density at radius 3 is 2.65 bits per heavy atom. The first-order valence-corrected chi connectivity index (χ1v) is 10.7. The summed E-state index contributed by atoms with van der Waals surface area (Å²) < 4.78 is 1.65. The molecule has 1 aliphatic rings. The summed E-state index contributed by atoms with van der Waals surface area (Å²) in [4.78, 5) is 27.6. The summed E-state index contributed by atoms with van der Waals surface area (Å²) in [5.41, 5.74) is 5.07. The number of carbonyl (C=O) groups is 2. The van der Waals surface area contributed by atoms with Gasteiger partial charge in [0.1, 0.15) is 5.69 Å². The van der Waals surface area contributed by atoms with Crippen molar-refractivity contribution in [3.05, 3.63) is 87.2 Å². The third kappa shape index (κ3) is 4.80. The lowest BCUT2D eigenvalue weighted by Gasteiger charge is -2.20. The molecule has 0 radical (unpaired) electrons. The molecule has 31 heavy (non-hydrogen) atoms. The highest BCUT2D eigenvalue weighted by Crippen LogP contribution is 2.18. The largest absolute Gasteiger partial charge is 0.347 e. The van der Waals surface area contributed by atoms with Gasteiger partial charge in [0.2, 0.25) is 0 Å². The number of amides is 2. The summed E-state index contributed by atoms with van der Waals surface area (Å²) in [5, 5.41) is 8.00. The molecule has 0 saturated carbocycles. The minimum absolute atomic E-state index is 0.117. The molecule has 4 rings (SSSR count). The number of hydrogen-bond donors (Lipinski definition) is 1. The average Bonchev–Trinajstić information content (AvgIpc) is 3.13. The molecule has 7 heteroatoms. The first-order chi connectivity index (χ1) is 14.9. The molecule has 0 atom stereocenters. The molecule has 2 amide bonds. The number of aryl methyl sites for hydroxylation is 3. The molecule has 2 aromatic carbocycles. The zero-order valence-electron chi connectivity index (χ0n) is 17.7.